The molecule has 0 unspecified atom stereocenters. The third-order valence-corrected chi connectivity index (χ3v) is 3.24. The summed E-state index contributed by atoms with van der Waals surface area (Å²) in [6.07, 6.45) is 4.39. The van der Waals surface area contributed by atoms with Crippen molar-refractivity contribution in [2.75, 3.05) is 7.11 Å². The molecule has 0 saturated carbocycles. The molecule has 0 aliphatic carbocycles. The number of aromatic nitrogens is 1. The lowest BCUT2D eigenvalue weighted by atomic mass is 10.00. The van der Waals surface area contributed by atoms with E-state index in [1.165, 1.54) is 22.3 Å². The molecule has 0 spiro atoms. The number of ether oxygens (including phenoxy) is 1. The van der Waals surface area contributed by atoms with Crippen LogP contribution in [-0.4, -0.2) is 11.7 Å². The first-order valence-electron chi connectivity index (χ1n) is 5.97. The van der Waals surface area contributed by atoms with Gasteiger partial charge in [-0.3, -0.25) is 0 Å². The van der Waals surface area contributed by atoms with Crippen LogP contribution in [0.1, 0.15) is 18.1 Å². The molecule has 2 rings (SSSR count). The molecule has 0 aliphatic heterocycles. The van der Waals surface area contributed by atoms with Gasteiger partial charge >= 0.3 is 0 Å². The second-order valence-corrected chi connectivity index (χ2v) is 4.32. The van der Waals surface area contributed by atoms with E-state index in [1.807, 2.05) is 12.1 Å². The van der Waals surface area contributed by atoms with Crippen molar-refractivity contribution in [1.29, 1.82) is 0 Å². The fourth-order valence-corrected chi connectivity index (χ4v) is 2.22. The van der Waals surface area contributed by atoms with Gasteiger partial charge in [0.2, 0.25) is 0 Å². The Kier molecular flexibility index (Phi) is 3.23. The first kappa shape index (κ1) is 11.8. The lowest BCUT2D eigenvalue weighted by Gasteiger charge is -2.09. The molecule has 0 N–H and O–H groups in total. The van der Waals surface area contributed by atoms with E-state index in [9.17, 15) is 0 Å². The van der Waals surface area contributed by atoms with E-state index in [1.54, 1.807) is 7.11 Å². The maximum atomic E-state index is 5.37. The van der Waals surface area contributed by atoms with Crippen LogP contribution in [0, 0.1) is 13.8 Å². The van der Waals surface area contributed by atoms with E-state index in [4.69, 9.17) is 4.74 Å². The second kappa shape index (κ2) is 4.66. The highest BCUT2D eigenvalue weighted by atomic mass is 16.5. The molecule has 17 heavy (non-hydrogen) atoms. The maximum absolute atomic E-state index is 5.37. The molecule has 0 saturated heterocycles. The highest BCUT2D eigenvalue weighted by Gasteiger charge is 2.10. The topological polar surface area (TPSA) is 14.2 Å². The van der Waals surface area contributed by atoms with Crippen molar-refractivity contribution >= 4 is 0 Å². The van der Waals surface area contributed by atoms with Gasteiger partial charge in [0, 0.05) is 24.5 Å². The van der Waals surface area contributed by atoms with Crippen molar-refractivity contribution in [1.82, 2.24) is 4.57 Å². The van der Waals surface area contributed by atoms with Gasteiger partial charge in [0.1, 0.15) is 5.75 Å². The van der Waals surface area contributed by atoms with Gasteiger partial charge in [-0.05, 0) is 43.5 Å². The SMILES string of the molecule is CCn1cc(C)c(-c2cccc(OC)c2C)c1. The second-order valence-electron chi connectivity index (χ2n) is 4.32. The van der Waals surface area contributed by atoms with E-state index in [0.29, 0.717) is 0 Å². The Morgan fingerprint density at radius 2 is 1.88 bits per heavy atom. The van der Waals surface area contributed by atoms with Gasteiger partial charge in [0.25, 0.3) is 0 Å². The highest BCUT2D eigenvalue weighted by molar-refractivity contribution is 5.72. The van der Waals surface area contributed by atoms with Crippen LogP contribution in [0.15, 0.2) is 30.6 Å². The maximum Gasteiger partial charge on any atom is 0.122 e. The Hall–Kier alpha value is -1.70. The minimum Gasteiger partial charge on any atom is -0.496 e. The summed E-state index contributed by atoms with van der Waals surface area (Å²) in [5, 5.41) is 0. The summed E-state index contributed by atoms with van der Waals surface area (Å²) in [5.41, 5.74) is 5.06. The molecule has 0 aliphatic rings. The summed E-state index contributed by atoms with van der Waals surface area (Å²) in [7, 11) is 1.72. The number of hydrogen-bond acceptors (Lipinski definition) is 1. The van der Waals surface area contributed by atoms with Crippen LogP contribution < -0.4 is 4.74 Å². The molecule has 90 valence electrons. The van der Waals surface area contributed by atoms with Gasteiger partial charge in [0.05, 0.1) is 7.11 Å². The van der Waals surface area contributed by atoms with Crippen LogP contribution in [-0.2, 0) is 6.54 Å². The zero-order valence-electron chi connectivity index (χ0n) is 10.9. The fourth-order valence-electron chi connectivity index (χ4n) is 2.22. The number of methoxy groups -OCH3 is 1. The Morgan fingerprint density at radius 3 is 2.47 bits per heavy atom. The Bertz CT molecular complexity index is 526. The standard InChI is InChI=1S/C15H19NO/c1-5-16-9-11(2)14(10-16)13-7-6-8-15(17-4)12(13)3/h6-10H,5H2,1-4H3. The summed E-state index contributed by atoms with van der Waals surface area (Å²) in [5.74, 6) is 0.950. The number of rotatable bonds is 3. The summed E-state index contributed by atoms with van der Waals surface area (Å²) in [6.45, 7) is 7.42. The number of hydrogen-bond donors (Lipinski definition) is 0. The van der Waals surface area contributed by atoms with Gasteiger partial charge in [0.15, 0.2) is 0 Å². The monoisotopic (exact) mass is 229 g/mol. The normalized spacial score (nSPS) is 10.6. The van der Waals surface area contributed by atoms with Crippen LogP contribution in [0.2, 0.25) is 0 Å². The van der Waals surface area contributed by atoms with Crippen LogP contribution >= 0.6 is 0 Å². The average molecular weight is 229 g/mol. The van der Waals surface area contributed by atoms with Gasteiger partial charge in [-0.2, -0.15) is 0 Å². The molecule has 1 aromatic heterocycles. The van der Waals surface area contributed by atoms with Gasteiger partial charge in [-0.25, -0.2) is 0 Å². The Morgan fingerprint density at radius 1 is 1.12 bits per heavy atom. The first-order valence-corrected chi connectivity index (χ1v) is 5.97. The van der Waals surface area contributed by atoms with Crippen LogP contribution in [0.5, 0.6) is 5.75 Å². The van der Waals surface area contributed by atoms with Crippen molar-refractivity contribution in [2.45, 2.75) is 27.3 Å². The van der Waals surface area contributed by atoms with Gasteiger partial charge in [-0.15, -0.1) is 0 Å². The third kappa shape index (κ3) is 2.07. The fraction of sp³-hybridized carbons (Fsp3) is 0.333. The lowest BCUT2D eigenvalue weighted by molar-refractivity contribution is 0.412. The first-order chi connectivity index (χ1) is 8.17. The predicted molar refractivity (Wildman–Crippen MR) is 71.6 cm³/mol. The quantitative estimate of drug-likeness (QED) is 0.780. The summed E-state index contributed by atoms with van der Waals surface area (Å²) in [4.78, 5) is 0. The molecule has 0 fully saturated rings. The lowest BCUT2D eigenvalue weighted by Crippen LogP contribution is -1.90. The van der Waals surface area contributed by atoms with Gasteiger partial charge in [-0.1, -0.05) is 12.1 Å². The van der Waals surface area contributed by atoms with Crippen molar-refractivity contribution < 1.29 is 4.74 Å². The van der Waals surface area contributed by atoms with Crippen molar-refractivity contribution in [2.24, 2.45) is 0 Å². The molecule has 0 amide bonds. The molecule has 0 atom stereocenters. The minimum atomic E-state index is 0.950. The molecule has 1 aromatic carbocycles. The van der Waals surface area contributed by atoms with Crippen LogP contribution in [0.3, 0.4) is 0 Å². The summed E-state index contributed by atoms with van der Waals surface area (Å²) >= 11 is 0. The van der Waals surface area contributed by atoms with Crippen molar-refractivity contribution in [3.63, 3.8) is 0 Å². The van der Waals surface area contributed by atoms with E-state index in [2.05, 4.69) is 43.8 Å². The summed E-state index contributed by atoms with van der Waals surface area (Å²) < 4.78 is 7.59. The number of aryl methyl sites for hydroxylation is 2. The number of benzene rings is 1. The molecular weight excluding hydrogens is 210 g/mol. The van der Waals surface area contributed by atoms with Crippen molar-refractivity contribution in [3.8, 4) is 16.9 Å². The summed E-state index contributed by atoms with van der Waals surface area (Å²) in [6, 6.07) is 6.20. The van der Waals surface area contributed by atoms with Crippen molar-refractivity contribution in [3.05, 3.63) is 41.7 Å². The molecule has 2 nitrogen and oxygen atoms in total. The Labute approximate surface area is 103 Å². The van der Waals surface area contributed by atoms with Crippen LogP contribution in [0.4, 0.5) is 0 Å². The molecular formula is C15H19NO. The largest absolute Gasteiger partial charge is 0.496 e. The van der Waals surface area contributed by atoms with E-state index in [-0.39, 0.29) is 0 Å². The smallest absolute Gasteiger partial charge is 0.122 e. The van der Waals surface area contributed by atoms with Gasteiger partial charge < -0.3 is 9.30 Å². The third-order valence-electron chi connectivity index (χ3n) is 3.24. The van der Waals surface area contributed by atoms with E-state index < -0.39 is 0 Å². The van der Waals surface area contributed by atoms with E-state index in [0.717, 1.165) is 12.3 Å². The minimum absolute atomic E-state index is 0.950. The Balaban J connectivity index is 2.56. The zero-order chi connectivity index (χ0) is 12.4. The average Bonchev–Trinajstić information content (AvgIpc) is 2.71. The number of nitrogens with zero attached hydrogens (tertiary/aromatic N) is 1. The predicted octanol–water partition coefficient (Wildman–Crippen LogP) is 3.80. The molecule has 2 aromatic rings. The molecule has 1 heterocycles. The van der Waals surface area contributed by atoms with E-state index >= 15 is 0 Å². The highest BCUT2D eigenvalue weighted by Crippen LogP contribution is 2.32. The molecule has 2 heteroatoms. The molecule has 0 radical (unpaired) electrons. The molecule has 0 bridgehead atoms. The van der Waals surface area contributed by atoms with Crippen LogP contribution in [0.25, 0.3) is 11.1 Å². The zero-order valence-corrected chi connectivity index (χ0v) is 10.9.